The molecule has 1 amide bonds. The number of carbonyl (C=O) groups is 3. The van der Waals surface area contributed by atoms with Crippen molar-refractivity contribution in [3.8, 4) is 0 Å². The highest BCUT2D eigenvalue weighted by atomic mass is 16.5. The van der Waals surface area contributed by atoms with Crippen molar-refractivity contribution in [3.63, 3.8) is 0 Å². The summed E-state index contributed by atoms with van der Waals surface area (Å²) >= 11 is 0. The maximum absolute atomic E-state index is 12.6. The molecule has 2 N–H and O–H groups in total. The summed E-state index contributed by atoms with van der Waals surface area (Å²) in [6.07, 6.45) is -0.572. The number of para-hydroxylation sites is 1. The number of ether oxygens (including phenoxy) is 2. The average Bonchev–Trinajstić information content (AvgIpc) is 3.02. The van der Waals surface area contributed by atoms with Crippen molar-refractivity contribution in [2.75, 3.05) is 18.5 Å². The molecule has 0 spiro atoms. The van der Waals surface area contributed by atoms with E-state index in [4.69, 9.17) is 9.47 Å². The number of fused-ring (bicyclic) bond motifs is 1. The molecule has 2 aromatic carbocycles. The van der Waals surface area contributed by atoms with Crippen molar-refractivity contribution in [3.05, 3.63) is 65.4 Å². The minimum atomic E-state index is -0.617. The quantitative estimate of drug-likeness (QED) is 0.496. The highest BCUT2D eigenvalue weighted by Crippen LogP contribution is 2.22. The lowest BCUT2D eigenvalue weighted by molar-refractivity contribution is 0.0475. The number of aromatic amines is 1. The zero-order valence-corrected chi connectivity index (χ0v) is 15.6. The Hall–Kier alpha value is -3.61. The minimum absolute atomic E-state index is 0.264. The van der Waals surface area contributed by atoms with Crippen LogP contribution in [0.5, 0.6) is 0 Å². The average molecular weight is 380 g/mol. The number of esters is 1. The third-order valence-electron chi connectivity index (χ3n) is 4.15. The monoisotopic (exact) mass is 380 g/mol. The van der Waals surface area contributed by atoms with E-state index in [9.17, 15) is 14.4 Å². The summed E-state index contributed by atoms with van der Waals surface area (Å²) in [5.41, 5.74) is 2.88. The van der Waals surface area contributed by atoms with E-state index in [-0.39, 0.29) is 24.6 Å². The van der Waals surface area contributed by atoms with E-state index >= 15 is 0 Å². The van der Waals surface area contributed by atoms with Gasteiger partial charge in [-0.25, -0.2) is 9.59 Å². The minimum Gasteiger partial charge on any atom is -0.454 e. The first kappa shape index (κ1) is 19.2. The Morgan fingerprint density at radius 2 is 1.71 bits per heavy atom. The van der Waals surface area contributed by atoms with E-state index < -0.39 is 12.1 Å². The number of nitrogens with one attached hydrogen (secondary N) is 2. The van der Waals surface area contributed by atoms with Gasteiger partial charge in [0.05, 0.1) is 12.2 Å². The van der Waals surface area contributed by atoms with Crippen LogP contribution < -0.4 is 5.32 Å². The van der Waals surface area contributed by atoms with Gasteiger partial charge in [0, 0.05) is 27.8 Å². The Morgan fingerprint density at radius 1 is 1.00 bits per heavy atom. The van der Waals surface area contributed by atoms with Crippen LogP contribution in [0.2, 0.25) is 0 Å². The molecule has 1 heterocycles. The fourth-order valence-corrected chi connectivity index (χ4v) is 2.90. The van der Waals surface area contributed by atoms with E-state index in [1.807, 2.05) is 31.2 Å². The summed E-state index contributed by atoms with van der Waals surface area (Å²) in [4.78, 5) is 39.3. The first-order valence-corrected chi connectivity index (χ1v) is 8.81. The lowest BCUT2D eigenvalue weighted by atomic mass is 10.1. The van der Waals surface area contributed by atoms with Crippen LogP contribution in [-0.4, -0.2) is 36.0 Å². The molecule has 7 heteroatoms. The van der Waals surface area contributed by atoms with Crippen LogP contribution in [0.25, 0.3) is 10.9 Å². The van der Waals surface area contributed by atoms with Crippen molar-refractivity contribution in [2.24, 2.45) is 0 Å². The number of H-pyrrole nitrogens is 1. The van der Waals surface area contributed by atoms with Crippen LogP contribution in [0.3, 0.4) is 0 Å². The van der Waals surface area contributed by atoms with Gasteiger partial charge >= 0.3 is 12.1 Å². The summed E-state index contributed by atoms with van der Waals surface area (Å²) in [7, 11) is 0. The van der Waals surface area contributed by atoms with Crippen molar-refractivity contribution < 1.29 is 23.9 Å². The molecule has 144 valence electrons. The standard InChI is InChI=1S/C21H20N2O5/c1-3-27-21(26)23-15-10-8-14(9-11-15)20(25)28-12-18(24)19-13(2)22-17-7-5-4-6-16(17)19/h4-11,22H,3,12H2,1-2H3,(H,23,26). The molecule has 0 fully saturated rings. The molecule has 28 heavy (non-hydrogen) atoms. The Bertz CT molecular complexity index is 1020. The van der Waals surface area contributed by atoms with Gasteiger partial charge in [0.1, 0.15) is 0 Å². The maximum atomic E-state index is 12.6. The first-order chi connectivity index (χ1) is 13.5. The lowest BCUT2D eigenvalue weighted by Crippen LogP contribution is -2.15. The molecule has 3 rings (SSSR count). The van der Waals surface area contributed by atoms with Gasteiger partial charge in [0.25, 0.3) is 0 Å². The largest absolute Gasteiger partial charge is 0.454 e. The van der Waals surface area contributed by atoms with E-state index in [2.05, 4.69) is 10.3 Å². The van der Waals surface area contributed by atoms with Crippen molar-refractivity contribution in [2.45, 2.75) is 13.8 Å². The zero-order chi connectivity index (χ0) is 20.1. The summed E-state index contributed by atoms with van der Waals surface area (Å²) < 4.78 is 9.94. The van der Waals surface area contributed by atoms with Crippen LogP contribution in [-0.2, 0) is 9.47 Å². The number of benzene rings is 2. The van der Waals surface area contributed by atoms with Gasteiger partial charge in [-0.3, -0.25) is 10.1 Å². The molecule has 0 aliphatic heterocycles. The molecule has 0 atom stereocenters. The Kier molecular flexibility index (Phi) is 5.74. The lowest BCUT2D eigenvalue weighted by Gasteiger charge is -2.07. The fourth-order valence-electron chi connectivity index (χ4n) is 2.90. The molecule has 1 aromatic heterocycles. The predicted molar refractivity (Wildman–Crippen MR) is 105 cm³/mol. The van der Waals surface area contributed by atoms with Gasteiger partial charge in [0.15, 0.2) is 6.61 Å². The van der Waals surface area contributed by atoms with E-state index in [0.717, 1.165) is 16.6 Å². The Labute approximate surface area is 161 Å². The van der Waals surface area contributed by atoms with Gasteiger partial charge in [0.2, 0.25) is 5.78 Å². The van der Waals surface area contributed by atoms with Crippen LogP contribution >= 0.6 is 0 Å². The van der Waals surface area contributed by atoms with Gasteiger partial charge in [-0.2, -0.15) is 0 Å². The molecular formula is C21H20N2O5. The highest BCUT2D eigenvalue weighted by molar-refractivity contribution is 6.10. The van der Waals surface area contributed by atoms with E-state index in [1.54, 1.807) is 19.1 Å². The smallest absolute Gasteiger partial charge is 0.411 e. The number of hydrogen-bond donors (Lipinski definition) is 2. The summed E-state index contributed by atoms with van der Waals surface area (Å²) in [5, 5.41) is 3.33. The van der Waals surface area contributed by atoms with Gasteiger partial charge in [-0.15, -0.1) is 0 Å². The molecule has 0 unspecified atom stereocenters. The normalized spacial score (nSPS) is 10.5. The second-order valence-electron chi connectivity index (χ2n) is 6.09. The number of hydrogen-bond acceptors (Lipinski definition) is 5. The third kappa shape index (κ3) is 4.20. The number of ketones is 1. The Balaban J connectivity index is 1.62. The second kappa shape index (κ2) is 8.39. The molecule has 0 aliphatic rings. The number of anilines is 1. The highest BCUT2D eigenvalue weighted by Gasteiger charge is 2.18. The molecule has 0 saturated carbocycles. The summed E-state index contributed by atoms with van der Waals surface area (Å²) in [5.74, 6) is -0.891. The van der Waals surface area contributed by atoms with Gasteiger partial charge < -0.3 is 14.5 Å². The van der Waals surface area contributed by atoms with Crippen molar-refractivity contribution in [1.29, 1.82) is 0 Å². The molecule has 0 radical (unpaired) electrons. The van der Waals surface area contributed by atoms with Crippen LogP contribution in [0.1, 0.15) is 33.3 Å². The van der Waals surface area contributed by atoms with Crippen molar-refractivity contribution in [1.82, 2.24) is 4.98 Å². The second-order valence-corrected chi connectivity index (χ2v) is 6.09. The molecule has 0 aliphatic carbocycles. The number of Topliss-reactive ketones (excluding diaryl/α,β-unsaturated/α-hetero) is 1. The van der Waals surface area contributed by atoms with E-state index in [0.29, 0.717) is 11.3 Å². The molecule has 7 nitrogen and oxygen atoms in total. The summed E-state index contributed by atoms with van der Waals surface area (Å²) in [6, 6.07) is 13.6. The van der Waals surface area contributed by atoms with Crippen LogP contribution in [0.4, 0.5) is 10.5 Å². The number of amides is 1. The number of aromatic nitrogens is 1. The SMILES string of the molecule is CCOC(=O)Nc1ccc(C(=O)OCC(=O)c2c(C)[nH]c3ccccc23)cc1. The maximum Gasteiger partial charge on any atom is 0.411 e. The number of rotatable bonds is 6. The molecule has 0 bridgehead atoms. The third-order valence-corrected chi connectivity index (χ3v) is 4.15. The van der Waals surface area contributed by atoms with Crippen LogP contribution in [0, 0.1) is 6.92 Å². The number of aryl methyl sites for hydroxylation is 1. The Morgan fingerprint density at radius 3 is 2.43 bits per heavy atom. The number of carbonyl (C=O) groups excluding carboxylic acids is 3. The van der Waals surface area contributed by atoms with Gasteiger partial charge in [-0.1, -0.05) is 18.2 Å². The molecular weight excluding hydrogens is 360 g/mol. The van der Waals surface area contributed by atoms with Crippen molar-refractivity contribution >= 4 is 34.4 Å². The summed E-state index contributed by atoms with van der Waals surface area (Å²) in [6.45, 7) is 3.42. The topological polar surface area (TPSA) is 97.5 Å². The fraction of sp³-hybridized carbons (Fsp3) is 0.190. The zero-order valence-electron chi connectivity index (χ0n) is 15.6. The molecule has 3 aromatic rings. The first-order valence-electron chi connectivity index (χ1n) is 8.81. The predicted octanol–water partition coefficient (Wildman–Crippen LogP) is 4.08. The van der Waals surface area contributed by atoms with Crippen LogP contribution in [0.15, 0.2) is 48.5 Å². The van der Waals surface area contributed by atoms with Gasteiger partial charge in [-0.05, 0) is 44.2 Å². The van der Waals surface area contributed by atoms with E-state index in [1.165, 1.54) is 12.1 Å². The molecule has 0 saturated heterocycles.